The summed E-state index contributed by atoms with van der Waals surface area (Å²) in [6.07, 6.45) is 0. The van der Waals surface area contributed by atoms with Crippen molar-refractivity contribution in [3.05, 3.63) is 40.2 Å². The molecule has 0 bridgehead atoms. The van der Waals surface area contributed by atoms with Crippen LogP contribution in [0.3, 0.4) is 0 Å². The summed E-state index contributed by atoms with van der Waals surface area (Å²) in [4.78, 5) is 23.2. The molecule has 2 aromatic rings. The molecule has 0 aliphatic heterocycles. The predicted molar refractivity (Wildman–Crippen MR) is 80.3 cm³/mol. The summed E-state index contributed by atoms with van der Waals surface area (Å²) in [5, 5.41) is 13.3. The molecule has 0 unspecified atom stereocenters. The Morgan fingerprint density at radius 2 is 2.15 bits per heavy atom. The minimum atomic E-state index is -1.51. The van der Waals surface area contributed by atoms with Crippen molar-refractivity contribution >= 4 is 38.5 Å². The van der Waals surface area contributed by atoms with Gasteiger partial charge in [0.1, 0.15) is 11.2 Å². The third-order valence-corrected chi connectivity index (χ3v) is 4.05. The summed E-state index contributed by atoms with van der Waals surface area (Å²) in [5.74, 6) is -0.538. The van der Waals surface area contributed by atoms with Gasteiger partial charge in [-0.3, -0.25) is 4.79 Å². The van der Waals surface area contributed by atoms with Crippen LogP contribution in [0.25, 0.3) is 11.0 Å². The second kappa shape index (κ2) is 5.38. The highest BCUT2D eigenvalue weighted by atomic mass is 79.9. The van der Waals surface area contributed by atoms with Crippen molar-refractivity contribution < 1.29 is 14.3 Å². The van der Waals surface area contributed by atoms with Crippen LogP contribution in [-0.2, 0) is 4.79 Å². The first-order chi connectivity index (χ1) is 9.33. The average molecular weight is 340 g/mol. The van der Waals surface area contributed by atoms with Crippen molar-refractivity contribution in [3.63, 3.8) is 0 Å². The maximum atomic E-state index is 11.9. The summed E-state index contributed by atoms with van der Waals surface area (Å²) in [7, 11) is 0. The molecule has 0 fully saturated rings. The summed E-state index contributed by atoms with van der Waals surface area (Å²) in [6.45, 7) is 3.22. The third-order valence-electron chi connectivity index (χ3n) is 2.96. The van der Waals surface area contributed by atoms with Gasteiger partial charge < -0.3 is 14.8 Å². The van der Waals surface area contributed by atoms with Crippen LogP contribution in [-0.4, -0.2) is 21.9 Å². The second-order valence-electron chi connectivity index (χ2n) is 4.82. The normalized spacial score (nSPS) is 14.0. The lowest BCUT2D eigenvalue weighted by molar-refractivity contribution is -0.130. The SMILES string of the molecule is Cc1cc(=O)oc2cc(NC(=O)[C@@](C)(O)CBr)ccc12. The zero-order valence-corrected chi connectivity index (χ0v) is 12.7. The van der Waals surface area contributed by atoms with Crippen molar-refractivity contribution in [1.29, 1.82) is 0 Å². The van der Waals surface area contributed by atoms with Gasteiger partial charge in [-0.25, -0.2) is 4.79 Å². The number of anilines is 1. The van der Waals surface area contributed by atoms with E-state index in [1.54, 1.807) is 18.2 Å². The van der Waals surface area contributed by atoms with Gasteiger partial charge in [0.15, 0.2) is 0 Å². The Morgan fingerprint density at radius 3 is 2.80 bits per heavy atom. The molecule has 6 heteroatoms. The first kappa shape index (κ1) is 14.7. The van der Waals surface area contributed by atoms with E-state index in [0.29, 0.717) is 11.3 Å². The zero-order chi connectivity index (χ0) is 14.9. The van der Waals surface area contributed by atoms with E-state index in [1.165, 1.54) is 13.0 Å². The number of benzene rings is 1. The molecule has 0 radical (unpaired) electrons. The Kier molecular flexibility index (Phi) is 3.96. The van der Waals surface area contributed by atoms with Gasteiger partial charge in [-0.2, -0.15) is 0 Å². The van der Waals surface area contributed by atoms with E-state index in [-0.39, 0.29) is 5.33 Å². The highest BCUT2D eigenvalue weighted by molar-refractivity contribution is 9.09. The highest BCUT2D eigenvalue weighted by Crippen LogP contribution is 2.21. The number of carbonyl (C=O) groups excluding carboxylic acids is 1. The van der Waals surface area contributed by atoms with E-state index in [9.17, 15) is 14.7 Å². The fourth-order valence-corrected chi connectivity index (χ4v) is 1.98. The Morgan fingerprint density at radius 1 is 1.45 bits per heavy atom. The maximum absolute atomic E-state index is 11.9. The number of amides is 1. The molecule has 106 valence electrons. The molecule has 5 nitrogen and oxygen atoms in total. The minimum Gasteiger partial charge on any atom is -0.423 e. The van der Waals surface area contributed by atoms with Gasteiger partial charge in [0.05, 0.1) is 0 Å². The molecule has 1 heterocycles. The lowest BCUT2D eigenvalue weighted by atomic mass is 10.1. The van der Waals surface area contributed by atoms with Crippen molar-refractivity contribution in [3.8, 4) is 0 Å². The Hall–Kier alpha value is -1.66. The fraction of sp³-hybridized carbons (Fsp3) is 0.286. The number of carbonyl (C=O) groups is 1. The number of aryl methyl sites for hydroxylation is 1. The van der Waals surface area contributed by atoms with Gasteiger partial charge in [-0.15, -0.1) is 0 Å². The molecule has 2 rings (SSSR count). The smallest absolute Gasteiger partial charge is 0.336 e. The van der Waals surface area contributed by atoms with Crippen LogP contribution in [0.15, 0.2) is 33.5 Å². The van der Waals surface area contributed by atoms with E-state index < -0.39 is 17.1 Å². The molecule has 0 saturated heterocycles. The minimum absolute atomic E-state index is 0.119. The van der Waals surface area contributed by atoms with Gasteiger partial charge in [0.2, 0.25) is 0 Å². The molecule has 0 spiro atoms. The Balaban J connectivity index is 2.38. The summed E-state index contributed by atoms with van der Waals surface area (Å²) < 4.78 is 5.10. The lowest BCUT2D eigenvalue weighted by Gasteiger charge is -2.19. The lowest BCUT2D eigenvalue weighted by Crippen LogP contribution is -2.41. The van der Waals surface area contributed by atoms with E-state index >= 15 is 0 Å². The number of alkyl halides is 1. The number of hydrogen-bond donors (Lipinski definition) is 2. The molecular weight excluding hydrogens is 326 g/mol. The van der Waals surface area contributed by atoms with Crippen molar-refractivity contribution in [2.45, 2.75) is 19.4 Å². The van der Waals surface area contributed by atoms with Crippen molar-refractivity contribution in [2.24, 2.45) is 0 Å². The predicted octanol–water partition coefficient (Wildman–Crippen LogP) is 2.19. The van der Waals surface area contributed by atoms with Gasteiger partial charge in [-0.05, 0) is 31.5 Å². The number of nitrogens with one attached hydrogen (secondary N) is 1. The average Bonchev–Trinajstić information content (AvgIpc) is 2.37. The number of halogens is 1. The van der Waals surface area contributed by atoms with E-state index in [4.69, 9.17) is 4.42 Å². The van der Waals surface area contributed by atoms with Crippen molar-refractivity contribution in [2.75, 3.05) is 10.6 Å². The largest absolute Gasteiger partial charge is 0.423 e. The van der Waals surface area contributed by atoms with Crippen LogP contribution in [0.4, 0.5) is 5.69 Å². The van der Waals surface area contributed by atoms with Gasteiger partial charge in [0, 0.05) is 28.5 Å². The van der Waals surface area contributed by atoms with Crippen LogP contribution >= 0.6 is 15.9 Å². The van der Waals surface area contributed by atoms with Gasteiger partial charge >= 0.3 is 5.63 Å². The van der Waals surface area contributed by atoms with E-state index in [0.717, 1.165) is 10.9 Å². The standard InChI is InChI=1S/C14H14BrNO4/c1-8-5-12(17)20-11-6-9(3-4-10(8)11)16-13(18)14(2,19)7-15/h3-6,19H,7H2,1-2H3,(H,16,18)/t14-/m0/s1. The number of fused-ring (bicyclic) bond motifs is 1. The first-order valence-corrected chi connectivity index (χ1v) is 7.10. The van der Waals surface area contributed by atoms with E-state index in [1.807, 2.05) is 6.92 Å². The topological polar surface area (TPSA) is 79.5 Å². The molecular formula is C14H14BrNO4. The van der Waals surface area contributed by atoms with Gasteiger partial charge in [-0.1, -0.05) is 15.9 Å². The maximum Gasteiger partial charge on any atom is 0.336 e. The van der Waals surface area contributed by atoms with Gasteiger partial charge in [0.25, 0.3) is 5.91 Å². The molecule has 1 amide bonds. The fourth-order valence-electron chi connectivity index (χ4n) is 1.73. The summed E-state index contributed by atoms with van der Waals surface area (Å²) in [5.41, 5.74) is -0.293. The van der Waals surface area contributed by atoms with Crippen LogP contribution in [0.1, 0.15) is 12.5 Å². The first-order valence-electron chi connectivity index (χ1n) is 5.98. The summed E-state index contributed by atoms with van der Waals surface area (Å²) in [6, 6.07) is 6.42. The summed E-state index contributed by atoms with van der Waals surface area (Å²) >= 11 is 3.07. The zero-order valence-electron chi connectivity index (χ0n) is 11.1. The third kappa shape index (κ3) is 2.91. The molecule has 1 atom stereocenters. The van der Waals surface area contributed by atoms with Crippen molar-refractivity contribution in [1.82, 2.24) is 0 Å². The molecule has 20 heavy (non-hydrogen) atoms. The number of aliphatic hydroxyl groups is 1. The second-order valence-corrected chi connectivity index (χ2v) is 5.38. The Bertz CT molecular complexity index is 721. The quantitative estimate of drug-likeness (QED) is 0.663. The Labute approximate surface area is 123 Å². The molecule has 1 aromatic heterocycles. The van der Waals surface area contributed by atoms with Crippen LogP contribution in [0, 0.1) is 6.92 Å². The van der Waals surface area contributed by atoms with Crippen LogP contribution in [0.2, 0.25) is 0 Å². The molecule has 2 N–H and O–H groups in total. The monoisotopic (exact) mass is 339 g/mol. The number of rotatable bonds is 3. The molecule has 0 aliphatic carbocycles. The molecule has 0 saturated carbocycles. The van der Waals surface area contributed by atoms with Crippen LogP contribution in [0.5, 0.6) is 0 Å². The number of hydrogen-bond acceptors (Lipinski definition) is 4. The van der Waals surface area contributed by atoms with E-state index in [2.05, 4.69) is 21.2 Å². The highest BCUT2D eigenvalue weighted by Gasteiger charge is 2.28. The molecule has 1 aromatic carbocycles. The molecule has 0 aliphatic rings. The van der Waals surface area contributed by atoms with Crippen LogP contribution < -0.4 is 10.9 Å².